The highest BCUT2D eigenvalue weighted by atomic mass is 16.5. The summed E-state index contributed by atoms with van der Waals surface area (Å²) < 4.78 is 5.08. The van der Waals surface area contributed by atoms with Crippen LogP contribution in [0.2, 0.25) is 0 Å². The van der Waals surface area contributed by atoms with Gasteiger partial charge in [-0.15, -0.1) is 0 Å². The molecule has 0 heterocycles. The first-order valence-electron chi connectivity index (χ1n) is 5.08. The lowest BCUT2D eigenvalue weighted by Gasteiger charge is -2.16. The van der Waals surface area contributed by atoms with E-state index in [9.17, 15) is 4.79 Å². The Morgan fingerprint density at radius 3 is 2.40 bits per heavy atom. The van der Waals surface area contributed by atoms with Gasteiger partial charge in [0.25, 0.3) is 0 Å². The number of carbonyl (C=O) groups is 1. The molecule has 0 saturated carbocycles. The van der Waals surface area contributed by atoms with Crippen molar-refractivity contribution < 1.29 is 9.53 Å². The highest BCUT2D eigenvalue weighted by Crippen LogP contribution is 2.19. The van der Waals surface area contributed by atoms with Crippen LogP contribution in [-0.4, -0.2) is 13.0 Å². The minimum atomic E-state index is -0.00216. The number of hydrogen-bond acceptors (Lipinski definition) is 2. The molecule has 0 saturated heterocycles. The Balaban J connectivity index is 2.78. The zero-order chi connectivity index (χ0) is 11.3. The molecule has 0 aromatic heterocycles. The molecule has 0 aliphatic rings. The van der Waals surface area contributed by atoms with Crippen LogP contribution in [0.25, 0.3) is 0 Å². The standard InChI is InChI=1S/C12H17NO2/c1-4-12(13-9(2)14)10-5-7-11(15-3)8-6-10/h5-8,12H,4H2,1-3H3,(H,13,14)/t12-/m0/s1. The summed E-state index contributed by atoms with van der Waals surface area (Å²) in [6, 6.07) is 7.85. The molecule has 1 rings (SSSR count). The Bertz CT molecular complexity index is 319. The predicted octanol–water partition coefficient (Wildman–Crippen LogP) is 2.28. The first-order valence-corrected chi connectivity index (χ1v) is 5.08. The summed E-state index contributed by atoms with van der Waals surface area (Å²) in [6.07, 6.45) is 0.881. The van der Waals surface area contributed by atoms with Crippen molar-refractivity contribution in [2.45, 2.75) is 26.3 Å². The molecule has 15 heavy (non-hydrogen) atoms. The van der Waals surface area contributed by atoms with E-state index in [4.69, 9.17) is 4.74 Å². The van der Waals surface area contributed by atoms with E-state index < -0.39 is 0 Å². The molecule has 0 radical (unpaired) electrons. The monoisotopic (exact) mass is 207 g/mol. The number of rotatable bonds is 4. The number of carbonyl (C=O) groups excluding carboxylic acids is 1. The zero-order valence-corrected chi connectivity index (χ0v) is 9.41. The van der Waals surface area contributed by atoms with Crippen molar-refractivity contribution in [2.24, 2.45) is 0 Å². The SMILES string of the molecule is CC[C@H](NC(C)=O)c1ccc(OC)cc1. The Morgan fingerprint density at radius 2 is 2.00 bits per heavy atom. The minimum absolute atomic E-state index is 0.00216. The lowest BCUT2D eigenvalue weighted by Crippen LogP contribution is -2.25. The van der Waals surface area contributed by atoms with Crippen LogP contribution in [0.1, 0.15) is 31.9 Å². The Labute approximate surface area is 90.4 Å². The van der Waals surface area contributed by atoms with Crippen LogP contribution in [0.15, 0.2) is 24.3 Å². The van der Waals surface area contributed by atoms with Gasteiger partial charge in [0.15, 0.2) is 0 Å². The number of nitrogens with one attached hydrogen (secondary N) is 1. The molecule has 1 atom stereocenters. The predicted molar refractivity (Wildman–Crippen MR) is 59.8 cm³/mol. The summed E-state index contributed by atoms with van der Waals surface area (Å²) in [5, 5.41) is 2.90. The second-order valence-electron chi connectivity index (χ2n) is 3.43. The summed E-state index contributed by atoms with van der Waals surface area (Å²) in [7, 11) is 1.64. The minimum Gasteiger partial charge on any atom is -0.497 e. The average molecular weight is 207 g/mol. The second-order valence-corrected chi connectivity index (χ2v) is 3.43. The van der Waals surface area contributed by atoms with Crippen molar-refractivity contribution >= 4 is 5.91 Å². The molecule has 82 valence electrons. The molecule has 1 aromatic carbocycles. The van der Waals surface area contributed by atoms with Crippen molar-refractivity contribution in [1.82, 2.24) is 5.32 Å². The molecule has 1 aromatic rings. The van der Waals surface area contributed by atoms with Crippen molar-refractivity contribution in [3.05, 3.63) is 29.8 Å². The Morgan fingerprint density at radius 1 is 1.40 bits per heavy atom. The smallest absolute Gasteiger partial charge is 0.217 e. The van der Waals surface area contributed by atoms with E-state index in [-0.39, 0.29) is 11.9 Å². The molecule has 1 amide bonds. The summed E-state index contributed by atoms with van der Waals surface area (Å²) in [6.45, 7) is 3.58. The summed E-state index contributed by atoms with van der Waals surface area (Å²) in [4.78, 5) is 11.0. The van der Waals surface area contributed by atoms with Gasteiger partial charge in [0.2, 0.25) is 5.91 Å². The van der Waals surface area contributed by atoms with E-state index in [1.807, 2.05) is 31.2 Å². The maximum atomic E-state index is 11.0. The van der Waals surface area contributed by atoms with Crippen LogP contribution in [0.5, 0.6) is 5.75 Å². The maximum Gasteiger partial charge on any atom is 0.217 e. The second kappa shape index (κ2) is 5.39. The zero-order valence-electron chi connectivity index (χ0n) is 9.41. The average Bonchev–Trinajstić information content (AvgIpc) is 2.26. The number of methoxy groups -OCH3 is 1. The summed E-state index contributed by atoms with van der Waals surface area (Å²) in [5.41, 5.74) is 1.11. The molecule has 0 aliphatic carbocycles. The van der Waals surface area contributed by atoms with Gasteiger partial charge in [0.1, 0.15) is 5.75 Å². The van der Waals surface area contributed by atoms with E-state index in [2.05, 4.69) is 5.32 Å². The number of benzene rings is 1. The van der Waals surface area contributed by atoms with E-state index in [0.29, 0.717) is 0 Å². The first-order chi connectivity index (χ1) is 7.17. The van der Waals surface area contributed by atoms with Gasteiger partial charge in [-0.25, -0.2) is 0 Å². The van der Waals surface area contributed by atoms with Crippen LogP contribution in [0.4, 0.5) is 0 Å². The van der Waals surface area contributed by atoms with Crippen LogP contribution in [-0.2, 0) is 4.79 Å². The third-order valence-electron chi connectivity index (χ3n) is 2.30. The highest BCUT2D eigenvalue weighted by Gasteiger charge is 2.09. The molecule has 3 nitrogen and oxygen atoms in total. The quantitative estimate of drug-likeness (QED) is 0.822. The van der Waals surface area contributed by atoms with Gasteiger partial charge >= 0.3 is 0 Å². The molecule has 0 fully saturated rings. The fraction of sp³-hybridized carbons (Fsp3) is 0.417. The molecule has 0 spiro atoms. The van der Waals surface area contributed by atoms with E-state index >= 15 is 0 Å². The van der Waals surface area contributed by atoms with Gasteiger partial charge in [-0.2, -0.15) is 0 Å². The molecule has 0 bridgehead atoms. The highest BCUT2D eigenvalue weighted by molar-refractivity contribution is 5.73. The molecule has 1 N–H and O–H groups in total. The van der Waals surface area contributed by atoms with Crippen molar-refractivity contribution in [1.29, 1.82) is 0 Å². The van der Waals surface area contributed by atoms with Gasteiger partial charge in [-0.3, -0.25) is 4.79 Å². The van der Waals surface area contributed by atoms with E-state index in [0.717, 1.165) is 17.7 Å². The molecular weight excluding hydrogens is 190 g/mol. The number of amides is 1. The fourth-order valence-corrected chi connectivity index (χ4v) is 1.50. The maximum absolute atomic E-state index is 11.0. The lowest BCUT2D eigenvalue weighted by molar-refractivity contribution is -0.119. The van der Waals surface area contributed by atoms with Crippen LogP contribution in [0, 0.1) is 0 Å². The van der Waals surface area contributed by atoms with Gasteiger partial charge < -0.3 is 10.1 Å². The number of ether oxygens (including phenoxy) is 1. The molecular formula is C12H17NO2. The fourth-order valence-electron chi connectivity index (χ4n) is 1.50. The summed E-state index contributed by atoms with van der Waals surface area (Å²) in [5.74, 6) is 0.828. The van der Waals surface area contributed by atoms with Gasteiger partial charge in [0.05, 0.1) is 13.2 Å². The molecule has 3 heteroatoms. The van der Waals surface area contributed by atoms with Gasteiger partial charge in [-0.05, 0) is 24.1 Å². The van der Waals surface area contributed by atoms with Crippen LogP contribution in [0.3, 0.4) is 0 Å². The largest absolute Gasteiger partial charge is 0.497 e. The Hall–Kier alpha value is -1.51. The lowest BCUT2D eigenvalue weighted by atomic mass is 10.0. The van der Waals surface area contributed by atoms with Crippen molar-refractivity contribution in [3.63, 3.8) is 0 Å². The number of hydrogen-bond donors (Lipinski definition) is 1. The van der Waals surface area contributed by atoms with Crippen molar-refractivity contribution in [3.8, 4) is 5.75 Å². The molecule has 0 aliphatic heterocycles. The van der Waals surface area contributed by atoms with Crippen molar-refractivity contribution in [2.75, 3.05) is 7.11 Å². The molecule has 0 unspecified atom stereocenters. The third-order valence-corrected chi connectivity index (χ3v) is 2.30. The normalized spacial score (nSPS) is 11.9. The third kappa shape index (κ3) is 3.27. The van der Waals surface area contributed by atoms with Crippen LogP contribution < -0.4 is 10.1 Å². The van der Waals surface area contributed by atoms with Crippen LogP contribution >= 0.6 is 0 Å². The van der Waals surface area contributed by atoms with E-state index in [1.54, 1.807) is 7.11 Å². The topological polar surface area (TPSA) is 38.3 Å². The first kappa shape index (κ1) is 11.6. The van der Waals surface area contributed by atoms with E-state index in [1.165, 1.54) is 6.92 Å². The van der Waals surface area contributed by atoms with Gasteiger partial charge in [-0.1, -0.05) is 19.1 Å². The van der Waals surface area contributed by atoms with Gasteiger partial charge in [0, 0.05) is 6.92 Å². The Kier molecular flexibility index (Phi) is 4.16. The summed E-state index contributed by atoms with van der Waals surface area (Å²) >= 11 is 0.